The van der Waals surface area contributed by atoms with Gasteiger partial charge in [-0.25, -0.2) is 4.98 Å². The Morgan fingerprint density at radius 1 is 1.31 bits per heavy atom. The van der Waals surface area contributed by atoms with E-state index < -0.39 is 0 Å². The molecule has 0 aliphatic heterocycles. The third-order valence-corrected chi connectivity index (χ3v) is 2.89. The number of unbranched alkanes of at least 4 members (excludes halogenated alkanes) is 1. The maximum Gasteiger partial charge on any atom is 0.128 e. The highest BCUT2D eigenvalue weighted by Gasteiger charge is 2.06. The van der Waals surface area contributed by atoms with Gasteiger partial charge >= 0.3 is 0 Å². The molecule has 0 atom stereocenters. The normalized spacial score (nSPS) is 10.5. The monoisotopic (exact) mass is 221 g/mol. The fourth-order valence-corrected chi connectivity index (χ4v) is 1.75. The first-order valence-electron chi connectivity index (χ1n) is 6.14. The number of rotatable bonds is 6. The summed E-state index contributed by atoms with van der Waals surface area (Å²) in [5.41, 5.74) is 7.82. The van der Waals surface area contributed by atoms with Crippen LogP contribution in [0.1, 0.15) is 37.9 Å². The molecule has 0 amide bonds. The second-order valence-corrected chi connectivity index (χ2v) is 4.05. The van der Waals surface area contributed by atoms with Crippen LogP contribution in [0.25, 0.3) is 0 Å². The summed E-state index contributed by atoms with van der Waals surface area (Å²) in [7, 11) is 0. The van der Waals surface area contributed by atoms with Crippen LogP contribution in [-0.2, 0) is 6.54 Å². The first-order chi connectivity index (χ1) is 7.72. The minimum Gasteiger partial charge on any atom is -0.357 e. The van der Waals surface area contributed by atoms with E-state index in [1.165, 1.54) is 12.8 Å². The number of aromatic nitrogens is 1. The fourth-order valence-electron chi connectivity index (χ4n) is 1.75. The van der Waals surface area contributed by atoms with E-state index >= 15 is 0 Å². The van der Waals surface area contributed by atoms with E-state index in [9.17, 15) is 0 Å². The number of anilines is 1. The van der Waals surface area contributed by atoms with Crippen molar-refractivity contribution in [1.82, 2.24) is 4.98 Å². The highest BCUT2D eigenvalue weighted by atomic mass is 15.2. The average Bonchev–Trinajstić information content (AvgIpc) is 2.30. The van der Waals surface area contributed by atoms with E-state index in [4.69, 9.17) is 5.73 Å². The van der Waals surface area contributed by atoms with Gasteiger partial charge in [0.15, 0.2) is 0 Å². The minimum absolute atomic E-state index is 0.570. The molecule has 16 heavy (non-hydrogen) atoms. The van der Waals surface area contributed by atoms with Crippen molar-refractivity contribution in [2.75, 3.05) is 18.0 Å². The Morgan fingerprint density at radius 2 is 2.06 bits per heavy atom. The smallest absolute Gasteiger partial charge is 0.128 e. The van der Waals surface area contributed by atoms with Crippen molar-refractivity contribution < 1.29 is 0 Å². The van der Waals surface area contributed by atoms with Crippen molar-refractivity contribution in [2.45, 2.75) is 40.2 Å². The van der Waals surface area contributed by atoms with Gasteiger partial charge in [0.25, 0.3) is 0 Å². The molecule has 0 bridgehead atoms. The SMILES string of the molecule is CCCCN(CC)c1ccc(CN)c(C)n1. The van der Waals surface area contributed by atoms with Crippen molar-refractivity contribution in [3.8, 4) is 0 Å². The summed E-state index contributed by atoms with van der Waals surface area (Å²) in [6.45, 7) is 9.07. The van der Waals surface area contributed by atoms with Gasteiger partial charge in [0.05, 0.1) is 0 Å². The molecule has 0 unspecified atom stereocenters. The lowest BCUT2D eigenvalue weighted by Gasteiger charge is -2.22. The molecular weight excluding hydrogens is 198 g/mol. The van der Waals surface area contributed by atoms with Crippen LogP contribution in [0, 0.1) is 6.92 Å². The van der Waals surface area contributed by atoms with E-state index in [0.29, 0.717) is 6.54 Å². The second-order valence-electron chi connectivity index (χ2n) is 4.05. The number of aryl methyl sites for hydroxylation is 1. The summed E-state index contributed by atoms with van der Waals surface area (Å²) in [6, 6.07) is 4.17. The third-order valence-electron chi connectivity index (χ3n) is 2.89. The number of pyridine rings is 1. The molecule has 0 aliphatic carbocycles. The van der Waals surface area contributed by atoms with Gasteiger partial charge in [0.1, 0.15) is 5.82 Å². The average molecular weight is 221 g/mol. The molecule has 0 radical (unpaired) electrons. The molecule has 0 spiro atoms. The predicted molar refractivity (Wildman–Crippen MR) is 69.7 cm³/mol. The van der Waals surface area contributed by atoms with Crippen LogP contribution in [0.2, 0.25) is 0 Å². The lowest BCUT2D eigenvalue weighted by Crippen LogP contribution is -2.25. The molecule has 1 rings (SSSR count). The molecule has 1 aromatic rings. The molecule has 0 saturated heterocycles. The van der Waals surface area contributed by atoms with Gasteiger partial charge in [-0.05, 0) is 31.9 Å². The number of hydrogen-bond donors (Lipinski definition) is 1. The van der Waals surface area contributed by atoms with Crippen LogP contribution in [0.3, 0.4) is 0 Å². The van der Waals surface area contributed by atoms with Gasteiger partial charge in [-0.15, -0.1) is 0 Å². The molecule has 3 nitrogen and oxygen atoms in total. The summed E-state index contributed by atoms with van der Waals surface area (Å²) in [6.07, 6.45) is 2.43. The fraction of sp³-hybridized carbons (Fsp3) is 0.615. The second kappa shape index (κ2) is 6.48. The van der Waals surface area contributed by atoms with Crippen LogP contribution in [0.15, 0.2) is 12.1 Å². The maximum atomic E-state index is 5.64. The van der Waals surface area contributed by atoms with Crippen LogP contribution >= 0.6 is 0 Å². The van der Waals surface area contributed by atoms with Crippen LogP contribution < -0.4 is 10.6 Å². The Morgan fingerprint density at radius 3 is 2.56 bits per heavy atom. The Balaban J connectivity index is 2.80. The predicted octanol–water partition coefficient (Wildman–Crippen LogP) is 2.48. The maximum absolute atomic E-state index is 5.64. The molecule has 1 aromatic heterocycles. The number of nitrogens with two attached hydrogens (primary N) is 1. The van der Waals surface area contributed by atoms with E-state index in [1.807, 2.05) is 6.92 Å². The molecule has 0 saturated carbocycles. The Bertz CT molecular complexity index is 323. The lowest BCUT2D eigenvalue weighted by molar-refractivity contribution is 0.722. The molecule has 90 valence electrons. The van der Waals surface area contributed by atoms with Crippen molar-refractivity contribution in [2.24, 2.45) is 5.73 Å². The molecular formula is C13H23N3. The third kappa shape index (κ3) is 3.20. The van der Waals surface area contributed by atoms with Crippen LogP contribution in [-0.4, -0.2) is 18.1 Å². The van der Waals surface area contributed by atoms with Crippen LogP contribution in [0.5, 0.6) is 0 Å². The largest absolute Gasteiger partial charge is 0.357 e. The first-order valence-corrected chi connectivity index (χ1v) is 6.14. The molecule has 3 heteroatoms. The summed E-state index contributed by atoms with van der Waals surface area (Å²) in [5, 5.41) is 0. The van der Waals surface area contributed by atoms with E-state index in [2.05, 4.69) is 35.9 Å². The number of nitrogens with zero attached hydrogens (tertiary/aromatic N) is 2. The molecule has 2 N–H and O–H groups in total. The van der Waals surface area contributed by atoms with Gasteiger partial charge in [-0.3, -0.25) is 0 Å². The Hall–Kier alpha value is -1.09. The van der Waals surface area contributed by atoms with E-state index in [0.717, 1.165) is 30.2 Å². The lowest BCUT2D eigenvalue weighted by atomic mass is 10.2. The van der Waals surface area contributed by atoms with Gasteiger partial charge in [-0.1, -0.05) is 19.4 Å². The molecule has 1 heterocycles. The highest BCUT2D eigenvalue weighted by molar-refractivity contribution is 5.41. The zero-order valence-corrected chi connectivity index (χ0v) is 10.7. The van der Waals surface area contributed by atoms with Crippen molar-refractivity contribution >= 4 is 5.82 Å². The Labute approximate surface area is 98.7 Å². The molecule has 0 aliphatic rings. The van der Waals surface area contributed by atoms with Crippen molar-refractivity contribution in [3.05, 3.63) is 23.4 Å². The standard InChI is InChI=1S/C13H23N3/c1-4-6-9-16(5-2)13-8-7-12(10-14)11(3)15-13/h7-8H,4-6,9-10,14H2,1-3H3. The van der Waals surface area contributed by atoms with Crippen molar-refractivity contribution in [1.29, 1.82) is 0 Å². The first kappa shape index (κ1) is 13.0. The van der Waals surface area contributed by atoms with Crippen LogP contribution in [0.4, 0.5) is 5.82 Å². The quantitative estimate of drug-likeness (QED) is 0.802. The zero-order valence-electron chi connectivity index (χ0n) is 10.7. The van der Waals surface area contributed by atoms with E-state index in [-0.39, 0.29) is 0 Å². The summed E-state index contributed by atoms with van der Waals surface area (Å²) in [5.74, 6) is 1.07. The van der Waals surface area contributed by atoms with Gasteiger partial charge in [0.2, 0.25) is 0 Å². The molecule has 0 fully saturated rings. The van der Waals surface area contributed by atoms with Gasteiger partial charge < -0.3 is 10.6 Å². The van der Waals surface area contributed by atoms with Gasteiger partial charge in [-0.2, -0.15) is 0 Å². The minimum atomic E-state index is 0.570. The summed E-state index contributed by atoms with van der Waals surface area (Å²) < 4.78 is 0. The molecule has 0 aromatic carbocycles. The van der Waals surface area contributed by atoms with E-state index in [1.54, 1.807) is 0 Å². The topological polar surface area (TPSA) is 42.1 Å². The van der Waals surface area contributed by atoms with Crippen molar-refractivity contribution in [3.63, 3.8) is 0 Å². The zero-order chi connectivity index (χ0) is 12.0. The summed E-state index contributed by atoms with van der Waals surface area (Å²) >= 11 is 0. The van der Waals surface area contributed by atoms with Gasteiger partial charge in [0, 0.05) is 25.3 Å². The summed E-state index contributed by atoms with van der Waals surface area (Å²) in [4.78, 5) is 6.93. The Kier molecular flexibility index (Phi) is 5.26. The highest BCUT2D eigenvalue weighted by Crippen LogP contribution is 2.15. The number of hydrogen-bond acceptors (Lipinski definition) is 3.